The number of thioether (sulfide) groups is 1. The van der Waals surface area contributed by atoms with Gasteiger partial charge in [-0.05, 0) is 65.4 Å². The number of methoxy groups -OCH3 is 1. The van der Waals surface area contributed by atoms with Gasteiger partial charge >= 0.3 is 5.97 Å². The fourth-order valence-electron chi connectivity index (χ4n) is 3.28. The van der Waals surface area contributed by atoms with E-state index in [-0.39, 0.29) is 27.3 Å². The zero-order chi connectivity index (χ0) is 24.2. The maximum Gasteiger partial charge on any atom is 0.335 e. The minimum Gasteiger partial charge on any atom is -0.493 e. The quantitative estimate of drug-likeness (QED) is 0.410. The van der Waals surface area contributed by atoms with Crippen molar-refractivity contribution in [1.29, 1.82) is 0 Å². The summed E-state index contributed by atoms with van der Waals surface area (Å²) in [6.45, 7) is 0.144. The molecule has 0 radical (unpaired) electrons. The summed E-state index contributed by atoms with van der Waals surface area (Å²) in [5, 5.41) is 8.89. The van der Waals surface area contributed by atoms with Crippen LogP contribution in [0.2, 0.25) is 5.02 Å². The summed E-state index contributed by atoms with van der Waals surface area (Å²) in [4.78, 5) is 37.7. The number of hydrogen-bond donors (Lipinski definition) is 1. The number of carbonyl (C=O) groups is 3. The molecule has 2 amide bonds. The molecule has 1 N–H and O–H groups in total. The molecule has 0 bridgehead atoms. The van der Waals surface area contributed by atoms with E-state index in [0.717, 1.165) is 22.2 Å². The van der Waals surface area contributed by atoms with Crippen molar-refractivity contribution in [3.05, 3.63) is 93.3 Å². The smallest absolute Gasteiger partial charge is 0.335 e. The van der Waals surface area contributed by atoms with Gasteiger partial charge < -0.3 is 14.6 Å². The van der Waals surface area contributed by atoms with Gasteiger partial charge in [-0.2, -0.15) is 0 Å². The molecule has 0 saturated carbocycles. The number of halogens is 1. The molecule has 9 heteroatoms. The first kappa shape index (κ1) is 23.4. The van der Waals surface area contributed by atoms with Crippen LogP contribution in [0.4, 0.5) is 10.5 Å². The van der Waals surface area contributed by atoms with E-state index in [2.05, 4.69) is 0 Å². The predicted octanol–water partition coefficient (Wildman–Crippen LogP) is 5.87. The zero-order valence-electron chi connectivity index (χ0n) is 17.9. The molecule has 3 aromatic rings. The molecule has 172 valence electrons. The van der Waals surface area contributed by atoms with E-state index in [0.29, 0.717) is 22.7 Å². The van der Waals surface area contributed by atoms with Crippen LogP contribution in [-0.2, 0) is 11.4 Å². The first-order chi connectivity index (χ1) is 16.4. The highest BCUT2D eigenvalue weighted by atomic mass is 35.5. The molecule has 1 aliphatic rings. The molecule has 4 rings (SSSR count). The van der Waals surface area contributed by atoms with E-state index in [4.69, 9.17) is 26.2 Å². The van der Waals surface area contributed by atoms with Crippen LogP contribution >= 0.6 is 23.4 Å². The lowest BCUT2D eigenvalue weighted by atomic mass is 10.1. The second-order valence-electron chi connectivity index (χ2n) is 7.18. The van der Waals surface area contributed by atoms with Gasteiger partial charge in [0.25, 0.3) is 11.1 Å². The number of nitrogens with zero attached hydrogens (tertiary/aromatic N) is 1. The van der Waals surface area contributed by atoms with Gasteiger partial charge in [-0.1, -0.05) is 41.9 Å². The monoisotopic (exact) mass is 495 g/mol. The molecule has 0 aromatic heterocycles. The van der Waals surface area contributed by atoms with Gasteiger partial charge in [0, 0.05) is 0 Å². The SMILES string of the molecule is COc1cc(/C=C2\SC(=O)N(c3ccccc3)C2=O)cc(Cl)c1OCc1ccc(C(=O)O)cc1. The number of rotatable bonds is 7. The standard InChI is InChI=1S/C25H18ClNO6S/c1-32-20-12-16(13-21-23(28)27(25(31)34-21)18-5-3-2-4-6-18)11-19(26)22(20)33-14-15-7-9-17(10-8-15)24(29)30/h2-13H,14H2,1H3,(H,29,30)/b21-13-. The van der Waals surface area contributed by atoms with Gasteiger partial charge in [0.05, 0.1) is 28.3 Å². The molecule has 0 spiro atoms. The number of aromatic carboxylic acids is 1. The average Bonchev–Trinajstić information content (AvgIpc) is 3.11. The average molecular weight is 496 g/mol. The molecule has 1 fully saturated rings. The summed E-state index contributed by atoms with van der Waals surface area (Å²) in [5.41, 5.74) is 2.00. The molecule has 7 nitrogen and oxygen atoms in total. The van der Waals surface area contributed by atoms with Crippen molar-refractivity contribution in [2.24, 2.45) is 0 Å². The lowest BCUT2D eigenvalue weighted by Crippen LogP contribution is -2.27. The molecular formula is C25H18ClNO6S. The first-order valence-corrected chi connectivity index (χ1v) is 11.2. The third kappa shape index (κ3) is 4.93. The van der Waals surface area contributed by atoms with E-state index < -0.39 is 11.9 Å². The Morgan fingerprint density at radius 1 is 1.09 bits per heavy atom. The summed E-state index contributed by atoms with van der Waals surface area (Å²) < 4.78 is 11.2. The molecule has 0 aliphatic carbocycles. The van der Waals surface area contributed by atoms with E-state index in [1.165, 1.54) is 19.2 Å². The molecule has 0 atom stereocenters. The minimum atomic E-state index is -1.01. The fourth-order valence-corrected chi connectivity index (χ4v) is 4.40. The van der Waals surface area contributed by atoms with Crippen LogP contribution in [-0.4, -0.2) is 29.3 Å². The summed E-state index contributed by atoms with van der Waals surface area (Å²) in [5.74, 6) is -0.764. The minimum absolute atomic E-state index is 0.144. The topological polar surface area (TPSA) is 93.1 Å². The van der Waals surface area contributed by atoms with Gasteiger partial charge in [-0.15, -0.1) is 0 Å². The van der Waals surface area contributed by atoms with Gasteiger partial charge in [0.1, 0.15) is 6.61 Å². The van der Waals surface area contributed by atoms with Crippen LogP contribution in [0.1, 0.15) is 21.5 Å². The number of imide groups is 1. The van der Waals surface area contributed by atoms with Crippen molar-refractivity contribution >= 4 is 52.2 Å². The Hall–Kier alpha value is -3.75. The Morgan fingerprint density at radius 2 is 1.79 bits per heavy atom. The Labute approximate surface area is 204 Å². The third-order valence-corrected chi connectivity index (χ3v) is 6.09. The van der Waals surface area contributed by atoms with Crippen molar-refractivity contribution in [3.63, 3.8) is 0 Å². The zero-order valence-corrected chi connectivity index (χ0v) is 19.4. The molecular weight excluding hydrogens is 478 g/mol. The van der Waals surface area contributed by atoms with Crippen molar-refractivity contribution in [2.45, 2.75) is 6.61 Å². The highest BCUT2D eigenvalue weighted by Crippen LogP contribution is 2.40. The number of carboxylic acids is 1. The molecule has 34 heavy (non-hydrogen) atoms. The van der Waals surface area contributed by atoms with Crippen LogP contribution in [0.5, 0.6) is 11.5 Å². The molecule has 0 unspecified atom stereocenters. The molecule has 1 aliphatic heterocycles. The number of para-hydroxylation sites is 1. The van der Waals surface area contributed by atoms with Crippen LogP contribution in [0, 0.1) is 0 Å². The number of carboxylic acid groups (broad SMARTS) is 1. The van der Waals surface area contributed by atoms with Crippen LogP contribution in [0.15, 0.2) is 71.6 Å². The van der Waals surface area contributed by atoms with Gasteiger partial charge in [-0.3, -0.25) is 9.59 Å². The normalized spacial score (nSPS) is 14.5. The summed E-state index contributed by atoms with van der Waals surface area (Å²) in [6.07, 6.45) is 1.58. The number of anilines is 1. The van der Waals surface area contributed by atoms with E-state index in [9.17, 15) is 14.4 Å². The molecule has 1 heterocycles. The second-order valence-corrected chi connectivity index (χ2v) is 8.58. The molecule has 3 aromatic carbocycles. The highest BCUT2D eigenvalue weighted by molar-refractivity contribution is 8.19. The van der Waals surface area contributed by atoms with Crippen LogP contribution in [0.25, 0.3) is 6.08 Å². The van der Waals surface area contributed by atoms with Crippen molar-refractivity contribution in [2.75, 3.05) is 12.0 Å². The lowest BCUT2D eigenvalue weighted by Gasteiger charge is -2.14. The number of amides is 2. The van der Waals surface area contributed by atoms with E-state index >= 15 is 0 Å². The summed E-state index contributed by atoms with van der Waals surface area (Å²) >= 11 is 7.29. The van der Waals surface area contributed by atoms with Gasteiger partial charge in [0.15, 0.2) is 11.5 Å². The maximum atomic E-state index is 12.8. The van der Waals surface area contributed by atoms with Crippen molar-refractivity contribution < 1.29 is 29.0 Å². The Balaban J connectivity index is 1.55. The largest absolute Gasteiger partial charge is 0.493 e. The Kier molecular flexibility index (Phi) is 6.90. The Morgan fingerprint density at radius 3 is 2.44 bits per heavy atom. The van der Waals surface area contributed by atoms with Gasteiger partial charge in [0.2, 0.25) is 0 Å². The lowest BCUT2D eigenvalue weighted by molar-refractivity contribution is -0.113. The first-order valence-electron chi connectivity index (χ1n) is 10.0. The van der Waals surface area contributed by atoms with Crippen molar-refractivity contribution in [1.82, 2.24) is 0 Å². The van der Waals surface area contributed by atoms with Crippen LogP contribution < -0.4 is 14.4 Å². The number of carbonyl (C=O) groups excluding carboxylic acids is 2. The third-order valence-electron chi connectivity index (χ3n) is 4.94. The number of hydrogen-bond acceptors (Lipinski definition) is 6. The molecule has 1 saturated heterocycles. The van der Waals surface area contributed by atoms with Gasteiger partial charge in [-0.25, -0.2) is 9.69 Å². The summed E-state index contributed by atoms with van der Waals surface area (Å²) in [6, 6.07) is 18.3. The van der Waals surface area contributed by atoms with Crippen molar-refractivity contribution in [3.8, 4) is 11.5 Å². The fraction of sp³-hybridized carbons (Fsp3) is 0.0800. The highest BCUT2D eigenvalue weighted by Gasteiger charge is 2.36. The predicted molar refractivity (Wildman–Crippen MR) is 131 cm³/mol. The summed E-state index contributed by atoms with van der Waals surface area (Å²) in [7, 11) is 1.47. The number of benzene rings is 3. The number of ether oxygens (including phenoxy) is 2. The van der Waals surface area contributed by atoms with E-state index in [1.54, 1.807) is 60.7 Å². The van der Waals surface area contributed by atoms with Crippen LogP contribution in [0.3, 0.4) is 0 Å². The maximum absolute atomic E-state index is 12.8. The second kappa shape index (κ2) is 10.0. The Bertz CT molecular complexity index is 1290. The van der Waals surface area contributed by atoms with E-state index in [1.807, 2.05) is 0 Å².